The summed E-state index contributed by atoms with van der Waals surface area (Å²) < 4.78 is 0. The molecule has 0 unspecified atom stereocenters. The van der Waals surface area contributed by atoms with Crippen molar-refractivity contribution >= 4 is 17.6 Å². The van der Waals surface area contributed by atoms with Gasteiger partial charge in [-0.1, -0.05) is 0 Å². The van der Waals surface area contributed by atoms with E-state index in [1.165, 1.54) is 10.6 Å². The molecule has 1 aliphatic rings. The summed E-state index contributed by atoms with van der Waals surface area (Å²) in [7, 11) is 0. The van der Waals surface area contributed by atoms with E-state index in [0.29, 0.717) is 5.82 Å². The van der Waals surface area contributed by atoms with Gasteiger partial charge in [0.25, 0.3) is 0 Å². The maximum atomic E-state index is 5.49. The molecule has 0 saturated carbocycles. The molecule has 1 saturated heterocycles. The molecule has 1 fully saturated rings. The van der Waals surface area contributed by atoms with E-state index < -0.39 is 0 Å². The van der Waals surface area contributed by atoms with Crippen molar-refractivity contribution in [3.05, 3.63) is 18.3 Å². The van der Waals surface area contributed by atoms with Crippen molar-refractivity contribution in [2.24, 2.45) is 5.92 Å². The third kappa shape index (κ3) is 2.35. The first-order chi connectivity index (χ1) is 6.34. The monoisotopic (exact) mass is 195 g/mol. The van der Waals surface area contributed by atoms with Gasteiger partial charge < -0.3 is 11.1 Å². The lowest BCUT2D eigenvalue weighted by Gasteiger charge is -2.26. The van der Waals surface area contributed by atoms with Gasteiger partial charge in [-0.2, -0.15) is 0 Å². The van der Waals surface area contributed by atoms with Gasteiger partial charge in [-0.15, -0.1) is 11.8 Å². The number of pyridine rings is 1. The van der Waals surface area contributed by atoms with Crippen LogP contribution in [0, 0.1) is 5.92 Å². The molecular weight excluding hydrogens is 182 g/mol. The van der Waals surface area contributed by atoms with Gasteiger partial charge in [0.1, 0.15) is 5.82 Å². The van der Waals surface area contributed by atoms with Crippen molar-refractivity contribution in [3.8, 4) is 0 Å². The fraction of sp³-hybridized carbons (Fsp3) is 0.444. The fourth-order valence-electron chi connectivity index (χ4n) is 1.16. The zero-order valence-electron chi connectivity index (χ0n) is 7.36. The minimum absolute atomic E-state index is 0.592. The van der Waals surface area contributed by atoms with E-state index in [0.717, 1.165) is 19.0 Å². The summed E-state index contributed by atoms with van der Waals surface area (Å²) in [5.74, 6) is 2.61. The predicted octanol–water partition coefficient (Wildman–Crippen LogP) is 0.975. The van der Waals surface area contributed by atoms with E-state index >= 15 is 0 Å². The highest BCUT2D eigenvalue weighted by Gasteiger charge is 2.16. The Kier molecular flexibility index (Phi) is 2.71. The molecular formula is C9H13N3S. The number of nitrogens with two attached hydrogens (primary N) is 1. The number of rotatable bonds is 3. The Morgan fingerprint density at radius 2 is 2.38 bits per heavy atom. The van der Waals surface area contributed by atoms with Gasteiger partial charge in [-0.05, 0) is 31.1 Å². The van der Waals surface area contributed by atoms with Crippen LogP contribution >= 0.6 is 11.8 Å². The van der Waals surface area contributed by atoms with Crippen LogP contribution in [0.1, 0.15) is 0 Å². The minimum Gasteiger partial charge on any atom is -0.384 e. The molecule has 1 aliphatic heterocycles. The lowest BCUT2D eigenvalue weighted by Crippen LogP contribution is -2.43. The quantitative estimate of drug-likeness (QED) is 0.706. The van der Waals surface area contributed by atoms with Crippen molar-refractivity contribution < 1.29 is 0 Å². The highest BCUT2D eigenvalue weighted by atomic mass is 32.2. The summed E-state index contributed by atoms with van der Waals surface area (Å²) in [5.41, 5.74) is 5.49. The third-order valence-corrected chi connectivity index (χ3v) is 3.32. The van der Waals surface area contributed by atoms with Crippen LogP contribution in [0.25, 0.3) is 0 Å². The van der Waals surface area contributed by atoms with Gasteiger partial charge in [-0.25, -0.2) is 4.98 Å². The second-order valence-electron chi connectivity index (χ2n) is 3.25. The number of hydrogen-bond donors (Lipinski definition) is 2. The Morgan fingerprint density at radius 3 is 2.92 bits per heavy atom. The number of nitrogen functional groups attached to an aromatic ring is 1. The molecule has 3 nitrogen and oxygen atoms in total. The largest absolute Gasteiger partial charge is 0.384 e. The zero-order valence-corrected chi connectivity index (χ0v) is 8.18. The molecule has 2 rings (SSSR count). The smallest absolute Gasteiger partial charge is 0.123 e. The molecule has 0 aromatic carbocycles. The van der Waals surface area contributed by atoms with Crippen molar-refractivity contribution in [3.63, 3.8) is 0 Å². The molecule has 2 heterocycles. The molecule has 1 aromatic rings. The van der Waals surface area contributed by atoms with Gasteiger partial charge in [0.05, 0.1) is 0 Å². The molecule has 3 N–H and O–H groups in total. The minimum atomic E-state index is 0.592. The molecule has 1 aromatic heterocycles. The molecule has 4 heteroatoms. The Labute approximate surface area is 82.1 Å². The van der Waals surface area contributed by atoms with E-state index in [9.17, 15) is 0 Å². The summed E-state index contributed by atoms with van der Waals surface area (Å²) in [6, 6.07) is 3.88. The molecule has 0 aliphatic carbocycles. The van der Waals surface area contributed by atoms with Gasteiger partial charge in [0.2, 0.25) is 0 Å². The topological polar surface area (TPSA) is 50.9 Å². The first kappa shape index (κ1) is 8.84. The number of nitrogens with one attached hydrogen (secondary N) is 1. The van der Waals surface area contributed by atoms with Crippen LogP contribution in [0.15, 0.2) is 23.2 Å². The van der Waals surface area contributed by atoms with Crippen LogP contribution in [-0.2, 0) is 0 Å². The van der Waals surface area contributed by atoms with E-state index in [2.05, 4.69) is 10.3 Å². The van der Waals surface area contributed by atoms with Crippen LogP contribution in [0.5, 0.6) is 0 Å². The average molecular weight is 195 g/mol. The first-order valence-corrected chi connectivity index (χ1v) is 5.38. The first-order valence-electron chi connectivity index (χ1n) is 4.39. The summed E-state index contributed by atoms with van der Waals surface area (Å²) in [4.78, 5) is 5.25. The molecule has 0 atom stereocenters. The molecule has 70 valence electrons. The number of hydrogen-bond acceptors (Lipinski definition) is 4. The number of anilines is 1. The van der Waals surface area contributed by atoms with Crippen molar-refractivity contribution in [1.29, 1.82) is 0 Å². The van der Waals surface area contributed by atoms with Crippen molar-refractivity contribution in [2.75, 3.05) is 24.6 Å². The van der Waals surface area contributed by atoms with Gasteiger partial charge in [0, 0.05) is 16.8 Å². The number of aromatic nitrogens is 1. The molecule has 0 radical (unpaired) electrons. The average Bonchev–Trinajstić information content (AvgIpc) is 2.05. The Morgan fingerprint density at radius 1 is 1.54 bits per heavy atom. The lowest BCUT2D eigenvalue weighted by atomic mass is 10.1. The standard InChI is InChI=1S/C9H13N3S/c10-9-2-1-8(5-12-9)13-6-7-3-11-4-7/h1-2,5,7,11H,3-4,6H2,(H2,10,12). The van der Waals surface area contributed by atoms with Crippen LogP contribution in [0.4, 0.5) is 5.82 Å². The van der Waals surface area contributed by atoms with E-state index in [1.807, 2.05) is 30.1 Å². The second-order valence-corrected chi connectivity index (χ2v) is 4.35. The van der Waals surface area contributed by atoms with Crippen LogP contribution < -0.4 is 11.1 Å². The summed E-state index contributed by atoms with van der Waals surface area (Å²) in [5, 5.41) is 3.26. The molecule has 0 spiro atoms. The van der Waals surface area contributed by atoms with Crippen LogP contribution in [0.2, 0.25) is 0 Å². The maximum absolute atomic E-state index is 5.49. The van der Waals surface area contributed by atoms with Crippen LogP contribution in [-0.4, -0.2) is 23.8 Å². The predicted molar refractivity (Wildman–Crippen MR) is 55.7 cm³/mol. The SMILES string of the molecule is Nc1ccc(SCC2CNC2)cn1. The van der Waals surface area contributed by atoms with Gasteiger partial charge >= 0.3 is 0 Å². The molecule has 13 heavy (non-hydrogen) atoms. The Hall–Kier alpha value is -0.740. The van der Waals surface area contributed by atoms with E-state index in [4.69, 9.17) is 5.73 Å². The third-order valence-electron chi connectivity index (χ3n) is 2.11. The summed E-state index contributed by atoms with van der Waals surface area (Å²) >= 11 is 1.85. The second kappa shape index (κ2) is 3.98. The van der Waals surface area contributed by atoms with E-state index in [1.54, 1.807) is 0 Å². The highest BCUT2D eigenvalue weighted by Crippen LogP contribution is 2.21. The van der Waals surface area contributed by atoms with E-state index in [-0.39, 0.29) is 0 Å². The zero-order chi connectivity index (χ0) is 9.10. The highest BCUT2D eigenvalue weighted by molar-refractivity contribution is 7.99. The Balaban J connectivity index is 1.83. The number of thioether (sulfide) groups is 1. The summed E-state index contributed by atoms with van der Waals surface area (Å²) in [6.45, 7) is 2.32. The molecule has 0 amide bonds. The van der Waals surface area contributed by atoms with Crippen molar-refractivity contribution in [1.82, 2.24) is 10.3 Å². The van der Waals surface area contributed by atoms with Crippen molar-refractivity contribution in [2.45, 2.75) is 4.90 Å². The fourth-order valence-corrected chi connectivity index (χ4v) is 2.11. The number of nitrogens with zero attached hydrogens (tertiary/aromatic N) is 1. The Bertz CT molecular complexity index is 269. The normalized spacial score (nSPS) is 16.9. The lowest BCUT2D eigenvalue weighted by molar-refractivity contribution is 0.385. The molecule has 0 bridgehead atoms. The van der Waals surface area contributed by atoms with Crippen LogP contribution in [0.3, 0.4) is 0 Å². The maximum Gasteiger partial charge on any atom is 0.123 e. The van der Waals surface area contributed by atoms with Gasteiger partial charge in [-0.3, -0.25) is 0 Å². The summed E-state index contributed by atoms with van der Waals surface area (Å²) in [6.07, 6.45) is 1.84. The van der Waals surface area contributed by atoms with Gasteiger partial charge in [0.15, 0.2) is 0 Å².